The van der Waals surface area contributed by atoms with Gasteiger partial charge in [-0.15, -0.1) is 0 Å². The number of aromatic hydroxyl groups is 1. The van der Waals surface area contributed by atoms with Gasteiger partial charge in [0.15, 0.2) is 0 Å². The fourth-order valence-corrected chi connectivity index (χ4v) is 3.05. The molecule has 2 aromatic rings. The molecule has 0 amide bonds. The summed E-state index contributed by atoms with van der Waals surface area (Å²) in [6, 6.07) is 14.5. The first-order valence-corrected chi connectivity index (χ1v) is 7.40. The Balaban J connectivity index is 2.58. The SMILES string of the molecule is Bc1ccc(C(CC)(CC)c2ccc(O)cc2)cc1C. The third-order valence-corrected chi connectivity index (χ3v) is 4.69. The van der Waals surface area contributed by atoms with Crippen molar-refractivity contribution in [2.45, 2.75) is 39.0 Å². The molecule has 0 aliphatic carbocycles. The lowest BCUT2D eigenvalue weighted by atomic mass is 9.69. The molecule has 0 fully saturated rings. The predicted molar refractivity (Wildman–Crippen MR) is 88.8 cm³/mol. The van der Waals surface area contributed by atoms with E-state index in [2.05, 4.69) is 58.9 Å². The monoisotopic (exact) mass is 266 g/mol. The van der Waals surface area contributed by atoms with Gasteiger partial charge in [-0.2, -0.15) is 0 Å². The molecular formula is C18H23BO. The molecule has 2 aromatic carbocycles. The minimum Gasteiger partial charge on any atom is -0.508 e. The molecule has 1 N–H and O–H groups in total. The van der Waals surface area contributed by atoms with Crippen LogP contribution in [0.5, 0.6) is 5.75 Å². The third-order valence-electron chi connectivity index (χ3n) is 4.69. The van der Waals surface area contributed by atoms with Crippen LogP contribution in [0, 0.1) is 6.92 Å². The Bertz CT molecular complexity index is 583. The Kier molecular flexibility index (Phi) is 4.22. The Morgan fingerprint density at radius 2 is 1.50 bits per heavy atom. The lowest BCUT2D eigenvalue weighted by molar-refractivity contribution is 0.465. The standard InChI is InChI=1S/C18H23BO/c1-4-18(5-2,14-6-9-16(20)10-7-14)15-8-11-17(19)13(3)12-15/h6-12,20H,4-5,19H2,1-3H3. The highest BCUT2D eigenvalue weighted by Crippen LogP contribution is 2.39. The number of rotatable bonds is 4. The molecule has 0 atom stereocenters. The van der Waals surface area contributed by atoms with Crippen LogP contribution in [0.3, 0.4) is 0 Å². The first-order valence-electron chi connectivity index (χ1n) is 7.40. The van der Waals surface area contributed by atoms with Gasteiger partial charge in [-0.05, 0) is 43.0 Å². The lowest BCUT2D eigenvalue weighted by Gasteiger charge is -2.33. The van der Waals surface area contributed by atoms with Crippen LogP contribution in [-0.2, 0) is 5.41 Å². The van der Waals surface area contributed by atoms with Crippen LogP contribution in [-0.4, -0.2) is 13.0 Å². The topological polar surface area (TPSA) is 20.2 Å². The average molecular weight is 266 g/mol. The molecule has 2 rings (SSSR count). The normalized spacial score (nSPS) is 11.6. The number of phenolic OH excluding ortho intramolecular Hbond substituents is 1. The van der Waals surface area contributed by atoms with Crippen LogP contribution in [0.1, 0.15) is 43.4 Å². The molecule has 0 bridgehead atoms. The van der Waals surface area contributed by atoms with E-state index in [0.29, 0.717) is 5.75 Å². The van der Waals surface area contributed by atoms with Gasteiger partial charge in [-0.3, -0.25) is 0 Å². The summed E-state index contributed by atoms with van der Waals surface area (Å²) in [4.78, 5) is 0. The van der Waals surface area contributed by atoms with Crippen LogP contribution in [0.25, 0.3) is 0 Å². The van der Waals surface area contributed by atoms with Crippen LogP contribution < -0.4 is 5.46 Å². The Hall–Kier alpha value is -1.70. The largest absolute Gasteiger partial charge is 0.508 e. The van der Waals surface area contributed by atoms with Crippen LogP contribution >= 0.6 is 0 Å². The summed E-state index contributed by atoms with van der Waals surface area (Å²) >= 11 is 0. The van der Waals surface area contributed by atoms with Gasteiger partial charge in [0.25, 0.3) is 0 Å². The lowest BCUT2D eigenvalue weighted by Crippen LogP contribution is -2.27. The molecule has 104 valence electrons. The summed E-state index contributed by atoms with van der Waals surface area (Å²) in [7, 11) is 2.15. The van der Waals surface area contributed by atoms with E-state index in [9.17, 15) is 5.11 Å². The molecule has 0 unspecified atom stereocenters. The highest BCUT2D eigenvalue weighted by atomic mass is 16.3. The maximum atomic E-state index is 9.52. The van der Waals surface area contributed by atoms with Crippen LogP contribution in [0.2, 0.25) is 0 Å². The van der Waals surface area contributed by atoms with Crippen molar-refractivity contribution >= 4 is 13.3 Å². The van der Waals surface area contributed by atoms with E-state index in [1.165, 1.54) is 22.2 Å². The molecule has 0 saturated carbocycles. The highest BCUT2D eigenvalue weighted by molar-refractivity contribution is 6.33. The maximum absolute atomic E-state index is 9.52. The second-order valence-electron chi connectivity index (χ2n) is 5.64. The molecule has 0 spiro atoms. The Morgan fingerprint density at radius 1 is 0.950 bits per heavy atom. The summed E-state index contributed by atoms with van der Waals surface area (Å²) < 4.78 is 0. The van der Waals surface area contributed by atoms with E-state index in [1.807, 2.05) is 0 Å². The van der Waals surface area contributed by atoms with Crippen molar-refractivity contribution in [2.75, 3.05) is 0 Å². The van der Waals surface area contributed by atoms with E-state index in [-0.39, 0.29) is 5.41 Å². The van der Waals surface area contributed by atoms with Crippen molar-refractivity contribution in [3.63, 3.8) is 0 Å². The molecule has 0 aromatic heterocycles. The first kappa shape index (κ1) is 14.7. The van der Waals surface area contributed by atoms with Gasteiger partial charge in [-0.25, -0.2) is 0 Å². The minimum atomic E-state index is 0.0339. The van der Waals surface area contributed by atoms with Gasteiger partial charge >= 0.3 is 0 Å². The van der Waals surface area contributed by atoms with Crippen LogP contribution in [0.4, 0.5) is 0 Å². The van der Waals surface area contributed by atoms with Gasteiger partial charge in [0.2, 0.25) is 0 Å². The van der Waals surface area contributed by atoms with E-state index < -0.39 is 0 Å². The first-order chi connectivity index (χ1) is 9.53. The van der Waals surface area contributed by atoms with Crippen LogP contribution in [0.15, 0.2) is 42.5 Å². The van der Waals surface area contributed by atoms with Gasteiger partial charge < -0.3 is 5.11 Å². The summed E-state index contributed by atoms with van der Waals surface area (Å²) in [6.45, 7) is 6.66. The highest BCUT2D eigenvalue weighted by Gasteiger charge is 2.30. The second-order valence-corrected chi connectivity index (χ2v) is 5.64. The zero-order valence-corrected chi connectivity index (χ0v) is 12.9. The summed E-state index contributed by atoms with van der Waals surface area (Å²) in [5.74, 6) is 0.329. The zero-order valence-electron chi connectivity index (χ0n) is 12.9. The molecule has 0 saturated heterocycles. The predicted octanol–water partition coefficient (Wildman–Crippen LogP) is 3.07. The molecule has 1 nitrogen and oxygen atoms in total. The maximum Gasteiger partial charge on any atom is 0.139 e. The van der Waals surface area contributed by atoms with Crippen molar-refractivity contribution in [3.8, 4) is 5.75 Å². The fraction of sp³-hybridized carbons (Fsp3) is 0.333. The van der Waals surface area contributed by atoms with E-state index in [0.717, 1.165) is 12.8 Å². The van der Waals surface area contributed by atoms with Crippen molar-refractivity contribution in [1.82, 2.24) is 0 Å². The third kappa shape index (κ3) is 2.47. The van der Waals surface area contributed by atoms with E-state index in [1.54, 1.807) is 12.1 Å². The molecule has 20 heavy (non-hydrogen) atoms. The summed E-state index contributed by atoms with van der Waals surface area (Å²) in [6.07, 6.45) is 2.10. The van der Waals surface area contributed by atoms with Gasteiger partial charge in [0.05, 0.1) is 0 Å². The molecule has 0 aliphatic rings. The number of hydrogen-bond donors (Lipinski definition) is 1. The van der Waals surface area contributed by atoms with Gasteiger partial charge in [0, 0.05) is 5.41 Å². The quantitative estimate of drug-likeness (QED) is 0.843. The van der Waals surface area contributed by atoms with Crippen molar-refractivity contribution in [3.05, 3.63) is 59.2 Å². The molecule has 0 radical (unpaired) electrons. The summed E-state index contributed by atoms with van der Waals surface area (Å²) in [5.41, 5.74) is 5.36. The number of hydrogen-bond acceptors (Lipinski definition) is 1. The number of benzene rings is 2. The second kappa shape index (κ2) is 5.74. The molecule has 0 aliphatic heterocycles. The molecule has 2 heteroatoms. The van der Waals surface area contributed by atoms with E-state index in [4.69, 9.17) is 0 Å². The van der Waals surface area contributed by atoms with Gasteiger partial charge in [-0.1, -0.05) is 55.2 Å². The molecule has 0 heterocycles. The van der Waals surface area contributed by atoms with E-state index >= 15 is 0 Å². The average Bonchev–Trinajstić information content (AvgIpc) is 2.46. The Morgan fingerprint density at radius 3 is 2.00 bits per heavy atom. The smallest absolute Gasteiger partial charge is 0.139 e. The molecular weight excluding hydrogens is 243 g/mol. The fourth-order valence-electron chi connectivity index (χ4n) is 3.05. The Labute approximate surface area is 123 Å². The number of phenols is 1. The van der Waals surface area contributed by atoms with Gasteiger partial charge in [0.1, 0.15) is 13.6 Å². The number of aryl methyl sites for hydroxylation is 1. The van der Waals surface area contributed by atoms with Crippen molar-refractivity contribution in [2.24, 2.45) is 0 Å². The summed E-state index contributed by atoms with van der Waals surface area (Å²) in [5, 5.41) is 9.52. The van der Waals surface area contributed by atoms with Crippen molar-refractivity contribution in [1.29, 1.82) is 0 Å². The minimum absolute atomic E-state index is 0.0339. The zero-order chi connectivity index (χ0) is 14.8. The van der Waals surface area contributed by atoms with Crippen molar-refractivity contribution < 1.29 is 5.11 Å².